The van der Waals surface area contributed by atoms with Gasteiger partial charge in [0.05, 0.1) is 15.4 Å². The van der Waals surface area contributed by atoms with E-state index in [1.165, 1.54) is 0 Å². The van der Waals surface area contributed by atoms with E-state index < -0.39 is 10.0 Å². The fourth-order valence-electron chi connectivity index (χ4n) is 3.00. The highest BCUT2D eigenvalue weighted by Gasteiger charge is 2.27. The van der Waals surface area contributed by atoms with Gasteiger partial charge in [0.1, 0.15) is 11.3 Å². The van der Waals surface area contributed by atoms with Gasteiger partial charge < -0.3 is 4.98 Å². The Morgan fingerprint density at radius 2 is 1.75 bits per heavy atom. The maximum Gasteiger partial charge on any atom is 0.243 e. The van der Waals surface area contributed by atoms with E-state index in [4.69, 9.17) is 11.6 Å². The maximum atomic E-state index is 12.6. The number of H-pyrrole nitrogens is 1. The molecule has 1 saturated heterocycles. The molecule has 1 aliphatic heterocycles. The second-order valence-corrected chi connectivity index (χ2v) is 8.20. The Bertz CT molecular complexity index is 990. The smallest absolute Gasteiger partial charge is 0.243 e. The highest BCUT2D eigenvalue weighted by molar-refractivity contribution is 7.89. The first-order valence-corrected chi connectivity index (χ1v) is 9.62. The Labute approximate surface area is 145 Å². The van der Waals surface area contributed by atoms with Gasteiger partial charge in [0.25, 0.3) is 0 Å². The molecule has 1 N–H and O–H groups in total. The summed E-state index contributed by atoms with van der Waals surface area (Å²) in [4.78, 5) is 8.04. The Morgan fingerprint density at radius 1 is 1.04 bits per heavy atom. The molecule has 124 valence electrons. The molecule has 2 heterocycles. The van der Waals surface area contributed by atoms with Crippen molar-refractivity contribution in [2.45, 2.75) is 17.7 Å². The van der Waals surface area contributed by atoms with Crippen LogP contribution in [0.15, 0.2) is 47.4 Å². The van der Waals surface area contributed by atoms with Crippen LogP contribution in [0.5, 0.6) is 0 Å². The molecule has 7 heteroatoms. The van der Waals surface area contributed by atoms with E-state index in [1.54, 1.807) is 34.6 Å². The van der Waals surface area contributed by atoms with E-state index in [1.807, 2.05) is 12.1 Å². The molecule has 2 aromatic carbocycles. The van der Waals surface area contributed by atoms with Gasteiger partial charge in [-0.2, -0.15) is 4.31 Å². The van der Waals surface area contributed by atoms with E-state index in [0.717, 1.165) is 23.9 Å². The molecule has 1 fully saturated rings. The average molecular weight is 362 g/mol. The molecule has 0 unspecified atom stereocenters. The molecule has 0 aliphatic carbocycles. The van der Waals surface area contributed by atoms with E-state index in [-0.39, 0.29) is 0 Å². The van der Waals surface area contributed by atoms with Crippen molar-refractivity contribution >= 4 is 32.7 Å². The van der Waals surface area contributed by atoms with Crippen molar-refractivity contribution in [3.05, 3.63) is 47.5 Å². The van der Waals surface area contributed by atoms with Gasteiger partial charge in [-0.3, -0.25) is 0 Å². The second-order valence-electron chi connectivity index (χ2n) is 5.86. The summed E-state index contributed by atoms with van der Waals surface area (Å²) in [5.41, 5.74) is 2.39. The first-order chi connectivity index (χ1) is 11.6. The van der Waals surface area contributed by atoms with Crippen LogP contribution < -0.4 is 0 Å². The van der Waals surface area contributed by atoms with Crippen molar-refractivity contribution in [3.63, 3.8) is 0 Å². The summed E-state index contributed by atoms with van der Waals surface area (Å²) in [6.45, 7) is 1.21. The van der Waals surface area contributed by atoms with E-state index in [0.29, 0.717) is 34.3 Å². The van der Waals surface area contributed by atoms with Crippen LogP contribution in [0.3, 0.4) is 0 Å². The second kappa shape index (κ2) is 5.88. The number of para-hydroxylation sites is 1. The molecular formula is C17H16ClN3O2S. The topological polar surface area (TPSA) is 66.1 Å². The molecule has 0 amide bonds. The number of nitrogens with zero attached hydrogens (tertiary/aromatic N) is 2. The number of aromatic nitrogens is 2. The zero-order chi connectivity index (χ0) is 16.7. The van der Waals surface area contributed by atoms with E-state index in [2.05, 4.69) is 9.97 Å². The van der Waals surface area contributed by atoms with Crippen LogP contribution in [-0.2, 0) is 10.0 Å². The summed E-state index contributed by atoms with van der Waals surface area (Å²) >= 11 is 6.15. The third-order valence-electron chi connectivity index (χ3n) is 4.29. The molecule has 0 saturated carbocycles. The van der Waals surface area contributed by atoms with Gasteiger partial charge in [-0.15, -0.1) is 0 Å². The molecule has 0 spiro atoms. The highest BCUT2D eigenvalue weighted by Crippen LogP contribution is 2.27. The number of nitrogens with one attached hydrogen (secondary N) is 1. The maximum absolute atomic E-state index is 12.6. The van der Waals surface area contributed by atoms with Crippen LogP contribution in [-0.4, -0.2) is 35.8 Å². The molecule has 0 radical (unpaired) electrons. The average Bonchev–Trinajstić information content (AvgIpc) is 3.25. The quantitative estimate of drug-likeness (QED) is 0.774. The van der Waals surface area contributed by atoms with Crippen LogP contribution in [0, 0.1) is 0 Å². The molecule has 4 rings (SSSR count). The Morgan fingerprint density at radius 3 is 2.42 bits per heavy atom. The first-order valence-electron chi connectivity index (χ1n) is 7.80. The van der Waals surface area contributed by atoms with Crippen molar-refractivity contribution in [1.29, 1.82) is 0 Å². The SMILES string of the molecule is O=S(=O)(c1ccc(-c2nc3c(Cl)cccc3[nH]2)cc1)N1CCCC1. The summed E-state index contributed by atoms with van der Waals surface area (Å²) in [5, 5.41) is 0.586. The minimum Gasteiger partial charge on any atom is -0.338 e. The van der Waals surface area contributed by atoms with Crippen molar-refractivity contribution in [1.82, 2.24) is 14.3 Å². The minimum atomic E-state index is -3.39. The number of hydrogen-bond donors (Lipinski definition) is 1. The zero-order valence-corrected chi connectivity index (χ0v) is 14.4. The minimum absolute atomic E-state index is 0.322. The fraction of sp³-hybridized carbons (Fsp3) is 0.235. The van der Waals surface area contributed by atoms with Crippen LogP contribution in [0.4, 0.5) is 0 Å². The predicted molar refractivity (Wildman–Crippen MR) is 94.5 cm³/mol. The van der Waals surface area contributed by atoms with Gasteiger partial charge in [0, 0.05) is 18.7 Å². The summed E-state index contributed by atoms with van der Waals surface area (Å²) in [6, 6.07) is 12.4. The van der Waals surface area contributed by atoms with Crippen molar-refractivity contribution in [2.24, 2.45) is 0 Å². The first kappa shape index (κ1) is 15.6. The number of rotatable bonds is 3. The van der Waals surface area contributed by atoms with Crippen molar-refractivity contribution in [3.8, 4) is 11.4 Å². The Hall–Kier alpha value is -1.89. The molecule has 0 bridgehead atoms. The third-order valence-corrected chi connectivity index (χ3v) is 6.51. The van der Waals surface area contributed by atoms with Crippen LogP contribution in [0.25, 0.3) is 22.4 Å². The lowest BCUT2D eigenvalue weighted by Gasteiger charge is -2.15. The lowest BCUT2D eigenvalue weighted by Crippen LogP contribution is -2.27. The molecule has 3 aromatic rings. The number of halogens is 1. The standard InChI is InChI=1S/C17H16ClN3O2S/c18-14-4-3-5-15-16(14)20-17(19-15)12-6-8-13(9-7-12)24(22,23)21-10-1-2-11-21/h3-9H,1-2,10-11H2,(H,19,20). The van der Waals surface area contributed by atoms with Crippen molar-refractivity contribution in [2.75, 3.05) is 13.1 Å². The lowest BCUT2D eigenvalue weighted by atomic mass is 10.2. The van der Waals surface area contributed by atoms with Crippen LogP contribution in [0.2, 0.25) is 5.02 Å². The van der Waals surface area contributed by atoms with Gasteiger partial charge in [0.15, 0.2) is 0 Å². The summed E-state index contributed by atoms with van der Waals surface area (Å²) in [6.07, 6.45) is 1.86. The number of benzene rings is 2. The molecule has 1 aromatic heterocycles. The summed E-state index contributed by atoms with van der Waals surface area (Å²) in [5.74, 6) is 0.670. The number of aromatic amines is 1. The van der Waals surface area contributed by atoms with Gasteiger partial charge in [0.2, 0.25) is 10.0 Å². The Kier molecular flexibility index (Phi) is 3.83. The van der Waals surface area contributed by atoms with Crippen molar-refractivity contribution < 1.29 is 8.42 Å². The third kappa shape index (κ3) is 2.60. The van der Waals surface area contributed by atoms with E-state index >= 15 is 0 Å². The fourth-order valence-corrected chi connectivity index (χ4v) is 4.73. The number of sulfonamides is 1. The van der Waals surface area contributed by atoms with Crippen LogP contribution >= 0.6 is 11.6 Å². The number of imidazole rings is 1. The highest BCUT2D eigenvalue weighted by atomic mass is 35.5. The van der Waals surface area contributed by atoms with Gasteiger partial charge >= 0.3 is 0 Å². The molecule has 0 atom stereocenters. The monoisotopic (exact) mass is 361 g/mol. The van der Waals surface area contributed by atoms with Gasteiger partial charge in [-0.25, -0.2) is 13.4 Å². The molecular weight excluding hydrogens is 346 g/mol. The predicted octanol–water partition coefficient (Wildman–Crippen LogP) is 3.67. The molecule has 5 nitrogen and oxygen atoms in total. The molecule has 1 aliphatic rings. The van der Waals surface area contributed by atoms with Crippen LogP contribution in [0.1, 0.15) is 12.8 Å². The lowest BCUT2D eigenvalue weighted by molar-refractivity contribution is 0.477. The molecule has 24 heavy (non-hydrogen) atoms. The Balaban J connectivity index is 1.69. The van der Waals surface area contributed by atoms with Gasteiger partial charge in [-0.05, 0) is 49.2 Å². The number of hydrogen-bond acceptors (Lipinski definition) is 3. The normalized spacial score (nSPS) is 16.0. The summed E-state index contributed by atoms with van der Waals surface area (Å²) < 4.78 is 26.7. The number of fused-ring (bicyclic) bond motifs is 1. The summed E-state index contributed by atoms with van der Waals surface area (Å²) in [7, 11) is -3.39. The largest absolute Gasteiger partial charge is 0.338 e. The zero-order valence-electron chi connectivity index (χ0n) is 12.9. The van der Waals surface area contributed by atoms with Gasteiger partial charge in [-0.1, -0.05) is 17.7 Å². The van der Waals surface area contributed by atoms with E-state index in [9.17, 15) is 8.42 Å².